The van der Waals surface area contributed by atoms with Crippen LogP contribution in [0.1, 0.15) is 35.0 Å². The van der Waals surface area contributed by atoms with E-state index in [4.69, 9.17) is 14.2 Å². The third-order valence-electron chi connectivity index (χ3n) is 5.61. The first-order chi connectivity index (χ1) is 17.6. The predicted molar refractivity (Wildman–Crippen MR) is 128 cm³/mol. The topological polar surface area (TPSA) is 103 Å². The van der Waals surface area contributed by atoms with Crippen LogP contribution in [0.15, 0.2) is 42.6 Å². The number of carbonyl (C=O) groups excluding carboxylic acids is 2. The van der Waals surface area contributed by atoms with Gasteiger partial charge in [0.25, 0.3) is 11.8 Å². The Kier molecular flexibility index (Phi) is 7.25. The molecule has 1 aliphatic carbocycles. The van der Waals surface area contributed by atoms with Crippen molar-refractivity contribution in [1.82, 2.24) is 14.7 Å². The molecule has 196 valence electrons. The molecule has 1 saturated carbocycles. The van der Waals surface area contributed by atoms with Gasteiger partial charge in [0.2, 0.25) is 5.88 Å². The van der Waals surface area contributed by atoms with Crippen molar-refractivity contribution in [3.8, 4) is 23.1 Å². The number of methoxy groups -OCH3 is 1. The number of aromatic nitrogens is 2. The summed E-state index contributed by atoms with van der Waals surface area (Å²) in [5.74, 6) is -0.549. The molecule has 0 aliphatic heterocycles. The maximum absolute atomic E-state index is 13.4. The summed E-state index contributed by atoms with van der Waals surface area (Å²) in [7, 11) is 2.77. The minimum Gasteiger partial charge on any atom is -0.497 e. The monoisotopic (exact) mass is 536 g/mol. The van der Waals surface area contributed by atoms with E-state index >= 15 is 0 Å². The lowest BCUT2D eigenvalue weighted by Crippen LogP contribution is -2.49. The first kappa shape index (κ1) is 26.2. The van der Waals surface area contributed by atoms with Crippen LogP contribution in [0.25, 0.3) is 0 Å². The van der Waals surface area contributed by atoms with Crippen molar-refractivity contribution in [2.45, 2.75) is 31.5 Å². The fourth-order valence-electron chi connectivity index (χ4n) is 3.51. The third-order valence-corrected chi connectivity index (χ3v) is 6.38. The van der Waals surface area contributed by atoms with E-state index in [0.717, 1.165) is 23.7 Å². The molecule has 2 amide bonds. The van der Waals surface area contributed by atoms with Crippen molar-refractivity contribution < 1.29 is 37.0 Å². The Morgan fingerprint density at radius 2 is 1.89 bits per heavy atom. The number of amides is 2. The Morgan fingerprint density at radius 1 is 1.16 bits per heavy atom. The minimum atomic E-state index is -4.66. The summed E-state index contributed by atoms with van der Waals surface area (Å²) in [5, 5.41) is 2.78. The van der Waals surface area contributed by atoms with Gasteiger partial charge in [-0.1, -0.05) is 0 Å². The van der Waals surface area contributed by atoms with E-state index in [1.54, 1.807) is 6.92 Å². The van der Waals surface area contributed by atoms with E-state index in [1.807, 2.05) is 0 Å². The van der Waals surface area contributed by atoms with Crippen LogP contribution in [-0.2, 0) is 11.0 Å². The molecule has 4 rings (SSSR count). The second-order valence-corrected chi connectivity index (χ2v) is 8.98. The summed E-state index contributed by atoms with van der Waals surface area (Å²) in [6.45, 7) is 2.22. The third kappa shape index (κ3) is 5.77. The lowest BCUT2D eigenvalue weighted by molar-refractivity contribution is -0.138. The highest BCUT2D eigenvalue weighted by atomic mass is 32.1. The van der Waals surface area contributed by atoms with Gasteiger partial charge < -0.3 is 19.5 Å². The molecule has 1 fully saturated rings. The molecule has 2 aromatic heterocycles. The van der Waals surface area contributed by atoms with Gasteiger partial charge in [-0.15, -0.1) is 0 Å². The van der Waals surface area contributed by atoms with E-state index in [0.29, 0.717) is 30.2 Å². The molecule has 0 bridgehead atoms. The zero-order chi connectivity index (χ0) is 26.8. The van der Waals surface area contributed by atoms with Crippen LogP contribution < -0.4 is 24.4 Å². The summed E-state index contributed by atoms with van der Waals surface area (Å²) in [6, 6.07) is 7.72. The molecule has 1 aliphatic rings. The largest absolute Gasteiger partial charge is 0.497 e. The molecule has 0 radical (unpaired) electrons. The number of hydrogen-bond acceptors (Lipinski definition) is 8. The number of halogens is 3. The first-order valence-electron chi connectivity index (χ1n) is 11.2. The van der Waals surface area contributed by atoms with Crippen LogP contribution in [0, 0.1) is 0 Å². The van der Waals surface area contributed by atoms with Crippen molar-refractivity contribution in [2.75, 3.05) is 25.7 Å². The minimum absolute atomic E-state index is 0.0412. The van der Waals surface area contributed by atoms with Crippen LogP contribution in [0.5, 0.6) is 23.1 Å². The Morgan fingerprint density at radius 3 is 2.49 bits per heavy atom. The lowest BCUT2D eigenvalue weighted by atomic mass is 10.2. The number of benzene rings is 1. The number of likely N-dealkylation sites (N-methyl/N-ethyl adjacent to an activating group) is 1. The number of anilines is 1. The zero-order valence-corrected chi connectivity index (χ0v) is 20.9. The standard InChI is InChI=1S/C24H23F3N4O5S/c1-4-35-20-12-18(37-30-20)21(32)29-23(9-10-23)22(33)31(2)19-8-6-15(13-28-19)36-17-7-5-14(34-3)11-16(17)24(25,26)27/h5-8,11-13H,4,9-10H2,1-3H3,(H,29,32). The average molecular weight is 537 g/mol. The molecule has 3 aromatic rings. The Labute approximate surface area is 214 Å². The normalized spacial score (nSPS) is 14.0. The molecular formula is C24H23F3N4O5S. The van der Waals surface area contributed by atoms with Gasteiger partial charge in [0, 0.05) is 13.1 Å². The van der Waals surface area contributed by atoms with Gasteiger partial charge in [-0.25, -0.2) is 4.98 Å². The number of alkyl halides is 3. The maximum atomic E-state index is 13.4. The highest BCUT2D eigenvalue weighted by Gasteiger charge is 2.53. The number of ether oxygens (including phenoxy) is 3. The van der Waals surface area contributed by atoms with Crippen molar-refractivity contribution >= 4 is 29.2 Å². The molecule has 0 atom stereocenters. The molecule has 1 N–H and O–H groups in total. The van der Waals surface area contributed by atoms with Crippen LogP contribution in [-0.4, -0.2) is 47.5 Å². The summed E-state index contributed by atoms with van der Waals surface area (Å²) < 4.78 is 59.9. The van der Waals surface area contributed by atoms with E-state index < -0.39 is 28.9 Å². The van der Waals surface area contributed by atoms with Crippen molar-refractivity contribution in [3.63, 3.8) is 0 Å². The fourth-order valence-corrected chi connectivity index (χ4v) is 4.09. The molecule has 9 nitrogen and oxygen atoms in total. The second-order valence-electron chi connectivity index (χ2n) is 8.18. The summed E-state index contributed by atoms with van der Waals surface area (Å²) in [5.41, 5.74) is -2.06. The van der Waals surface area contributed by atoms with Gasteiger partial charge in [-0.05, 0) is 61.6 Å². The van der Waals surface area contributed by atoms with Crippen LogP contribution in [0.2, 0.25) is 0 Å². The Hall–Kier alpha value is -3.87. The quantitative estimate of drug-likeness (QED) is 0.424. The van der Waals surface area contributed by atoms with E-state index in [2.05, 4.69) is 14.7 Å². The summed E-state index contributed by atoms with van der Waals surface area (Å²) in [4.78, 5) is 31.6. The van der Waals surface area contributed by atoms with Gasteiger partial charge in [0.15, 0.2) is 0 Å². The molecule has 2 heterocycles. The SMILES string of the molecule is CCOc1cc(C(=O)NC2(C(=O)N(C)c3ccc(Oc4ccc(OC)cc4C(F)(F)F)cn3)CC2)sn1. The van der Waals surface area contributed by atoms with E-state index in [9.17, 15) is 22.8 Å². The summed E-state index contributed by atoms with van der Waals surface area (Å²) >= 11 is 0.974. The zero-order valence-electron chi connectivity index (χ0n) is 20.1. The maximum Gasteiger partial charge on any atom is 0.420 e. The molecule has 13 heteroatoms. The highest BCUT2D eigenvalue weighted by molar-refractivity contribution is 7.08. The van der Waals surface area contributed by atoms with Crippen LogP contribution >= 0.6 is 11.5 Å². The van der Waals surface area contributed by atoms with Crippen molar-refractivity contribution in [2.24, 2.45) is 0 Å². The van der Waals surface area contributed by atoms with Gasteiger partial charge in [-0.3, -0.25) is 14.5 Å². The summed E-state index contributed by atoms with van der Waals surface area (Å²) in [6.07, 6.45) is -2.53. The number of hydrogen-bond donors (Lipinski definition) is 1. The van der Waals surface area contributed by atoms with Gasteiger partial charge in [0.05, 0.1) is 19.9 Å². The number of pyridine rings is 1. The second kappa shape index (κ2) is 10.2. The van der Waals surface area contributed by atoms with Gasteiger partial charge in [0.1, 0.15) is 39.0 Å². The Bertz CT molecular complexity index is 1290. The fraction of sp³-hybridized carbons (Fsp3) is 0.333. The number of carbonyl (C=O) groups is 2. The van der Waals surface area contributed by atoms with Gasteiger partial charge in [-0.2, -0.15) is 17.5 Å². The van der Waals surface area contributed by atoms with E-state index in [1.165, 1.54) is 49.5 Å². The number of nitrogens with zero attached hydrogens (tertiary/aromatic N) is 3. The lowest BCUT2D eigenvalue weighted by Gasteiger charge is -2.23. The Balaban J connectivity index is 1.44. The van der Waals surface area contributed by atoms with Gasteiger partial charge >= 0.3 is 6.18 Å². The number of nitrogens with one attached hydrogen (secondary N) is 1. The molecule has 0 spiro atoms. The first-order valence-corrected chi connectivity index (χ1v) is 11.9. The molecular weight excluding hydrogens is 513 g/mol. The average Bonchev–Trinajstić information content (AvgIpc) is 3.50. The van der Waals surface area contributed by atoms with Crippen LogP contribution in [0.4, 0.5) is 19.0 Å². The van der Waals surface area contributed by atoms with Crippen molar-refractivity contribution in [1.29, 1.82) is 0 Å². The molecule has 0 saturated heterocycles. The van der Waals surface area contributed by atoms with Crippen LogP contribution in [0.3, 0.4) is 0 Å². The predicted octanol–water partition coefficient (Wildman–Crippen LogP) is 4.68. The molecule has 37 heavy (non-hydrogen) atoms. The van der Waals surface area contributed by atoms with E-state index in [-0.39, 0.29) is 23.2 Å². The molecule has 1 aromatic carbocycles. The highest BCUT2D eigenvalue weighted by Crippen LogP contribution is 2.41. The molecule has 0 unspecified atom stereocenters. The smallest absolute Gasteiger partial charge is 0.420 e. The number of rotatable bonds is 9. The van der Waals surface area contributed by atoms with Crippen molar-refractivity contribution in [3.05, 3.63) is 53.0 Å².